The van der Waals surface area contributed by atoms with Gasteiger partial charge in [-0.1, -0.05) is 12.1 Å². The maximum Gasteiger partial charge on any atom is 0.226 e. The van der Waals surface area contributed by atoms with Gasteiger partial charge < -0.3 is 19.7 Å². The SMILES string of the molecule is CCN1C(=O)C[C@@H](C(=O)NCCN2CCOCC2)[C@@H]1c1ccc(OC)cc1. The standard InChI is InChI=1S/C20H29N3O4/c1-3-23-18(24)14-17(19(23)15-4-6-16(26-2)7-5-15)20(25)21-8-9-22-10-12-27-13-11-22/h4-7,17,19H,3,8-14H2,1-2H3,(H,21,25)/t17-,19+/m1/s1. The highest BCUT2D eigenvalue weighted by Gasteiger charge is 2.43. The van der Waals surface area contributed by atoms with Gasteiger partial charge in [0.15, 0.2) is 0 Å². The molecular formula is C20H29N3O4. The second-order valence-corrected chi connectivity index (χ2v) is 6.95. The van der Waals surface area contributed by atoms with Gasteiger partial charge in [-0.15, -0.1) is 0 Å². The number of carbonyl (C=O) groups is 2. The molecule has 2 amide bonds. The third-order valence-electron chi connectivity index (χ3n) is 5.40. The van der Waals surface area contributed by atoms with Crippen LogP contribution in [-0.4, -0.2) is 74.7 Å². The minimum atomic E-state index is -0.365. The number of carbonyl (C=O) groups excluding carboxylic acids is 2. The largest absolute Gasteiger partial charge is 0.497 e. The first kappa shape index (κ1) is 19.6. The molecule has 1 N–H and O–H groups in total. The lowest BCUT2D eigenvalue weighted by molar-refractivity contribution is -0.129. The van der Waals surface area contributed by atoms with Crippen LogP contribution in [0.25, 0.3) is 0 Å². The molecule has 2 aliphatic heterocycles. The monoisotopic (exact) mass is 375 g/mol. The number of rotatable bonds is 7. The molecule has 0 aromatic heterocycles. The number of ether oxygens (including phenoxy) is 2. The van der Waals surface area contributed by atoms with Crippen molar-refractivity contribution in [3.8, 4) is 5.75 Å². The Bertz CT molecular complexity index is 643. The third-order valence-corrected chi connectivity index (χ3v) is 5.40. The van der Waals surface area contributed by atoms with E-state index >= 15 is 0 Å². The number of benzene rings is 1. The number of nitrogens with one attached hydrogen (secondary N) is 1. The molecule has 1 aromatic rings. The molecule has 0 radical (unpaired) electrons. The molecule has 7 nitrogen and oxygen atoms in total. The van der Waals surface area contributed by atoms with E-state index in [0.717, 1.165) is 44.2 Å². The molecule has 2 fully saturated rings. The van der Waals surface area contributed by atoms with E-state index in [4.69, 9.17) is 9.47 Å². The average molecular weight is 375 g/mol. The summed E-state index contributed by atoms with van der Waals surface area (Å²) in [5, 5.41) is 3.03. The highest BCUT2D eigenvalue weighted by molar-refractivity contribution is 5.90. The fourth-order valence-corrected chi connectivity index (χ4v) is 3.90. The van der Waals surface area contributed by atoms with Crippen LogP contribution in [0.3, 0.4) is 0 Å². The molecule has 148 valence electrons. The smallest absolute Gasteiger partial charge is 0.226 e. The lowest BCUT2D eigenvalue weighted by atomic mass is 9.92. The average Bonchev–Trinajstić information content (AvgIpc) is 3.05. The highest BCUT2D eigenvalue weighted by atomic mass is 16.5. The zero-order chi connectivity index (χ0) is 19.2. The van der Waals surface area contributed by atoms with E-state index in [2.05, 4.69) is 10.2 Å². The van der Waals surface area contributed by atoms with Crippen LogP contribution < -0.4 is 10.1 Å². The molecule has 0 aliphatic carbocycles. The maximum absolute atomic E-state index is 12.8. The second kappa shape index (κ2) is 9.19. The van der Waals surface area contributed by atoms with E-state index in [9.17, 15) is 9.59 Å². The van der Waals surface area contributed by atoms with Crippen molar-refractivity contribution in [2.75, 3.05) is 53.0 Å². The number of likely N-dealkylation sites (tertiary alicyclic amines) is 1. The minimum absolute atomic E-state index is 0.0339. The molecule has 2 saturated heterocycles. The Hall–Kier alpha value is -2.12. The van der Waals surface area contributed by atoms with Gasteiger partial charge in [-0.2, -0.15) is 0 Å². The van der Waals surface area contributed by atoms with Crippen molar-refractivity contribution in [2.24, 2.45) is 5.92 Å². The van der Waals surface area contributed by atoms with E-state index in [-0.39, 0.29) is 30.2 Å². The first-order chi connectivity index (χ1) is 13.1. The van der Waals surface area contributed by atoms with E-state index < -0.39 is 0 Å². The van der Waals surface area contributed by atoms with Crippen molar-refractivity contribution in [2.45, 2.75) is 19.4 Å². The van der Waals surface area contributed by atoms with Crippen molar-refractivity contribution in [1.29, 1.82) is 0 Å². The van der Waals surface area contributed by atoms with Gasteiger partial charge in [0.25, 0.3) is 0 Å². The normalized spacial score (nSPS) is 23.5. The van der Waals surface area contributed by atoms with Crippen molar-refractivity contribution in [1.82, 2.24) is 15.1 Å². The van der Waals surface area contributed by atoms with Crippen molar-refractivity contribution in [3.63, 3.8) is 0 Å². The number of nitrogens with zero attached hydrogens (tertiary/aromatic N) is 2. The molecule has 2 atom stereocenters. The fourth-order valence-electron chi connectivity index (χ4n) is 3.90. The fraction of sp³-hybridized carbons (Fsp3) is 0.600. The third kappa shape index (κ3) is 4.59. The second-order valence-electron chi connectivity index (χ2n) is 6.95. The van der Waals surface area contributed by atoms with Crippen LogP contribution in [-0.2, 0) is 14.3 Å². The zero-order valence-electron chi connectivity index (χ0n) is 16.1. The molecule has 2 heterocycles. The molecule has 0 saturated carbocycles. The van der Waals surface area contributed by atoms with E-state index in [1.165, 1.54) is 0 Å². The van der Waals surface area contributed by atoms with Gasteiger partial charge in [-0.05, 0) is 24.6 Å². The van der Waals surface area contributed by atoms with Crippen LogP contribution in [0.4, 0.5) is 0 Å². The summed E-state index contributed by atoms with van der Waals surface area (Å²) >= 11 is 0. The van der Waals surface area contributed by atoms with Gasteiger partial charge >= 0.3 is 0 Å². The summed E-state index contributed by atoms with van der Waals surface area (Å²) < 4.78 is 10.6. The van der Waals surface area contributed by atoms with Gasteiger partial charge in [0, 0.05) is 39.1 Å². The summed E-state index contributed by atoms with van der Waals surface area (Å²) in [5.41, 5.74) is 0.969. The summed E-state index contributed by atoms with van der Waals surface area (Å²) in [6.45, 7) is 7.23. The van der Waals surface area contributed by atoms with Crippen molar-refractivity contribution >= 4 is 11.8 Å². The predicted octanol–water partition coefficient (Wildman–Crippen LogP) is 1.05. The number of hydrogen-bond donors (Lipinski definition) is 1. The summed E-state index contributed by atoms with van der Waals surface area (Å²) in [4.78, 5) is 29.4. The Kier molecular flexibility index (Phi) is 6.68. The first-order valence-corrected chi connectivity index (χ1v) is 9.65. The van der Waals surface area contributed by atoms with E-state index in [1.54, 1.807) is 12.0 Å². The van der Waals surface area contributed by atoms with Gasteiger partial charge in [0.05, 0.1) is 32.3 Å². The Morgan fingerprint density at radius 3 is 2.59 bits per heavy atom. The summed E-state index contributed by atoms with van der Waals surface area (Å²) in [6, 6.07) is 7.41. The zero-order valence-corrected chi connectivity index (χ0v) is 16.1. The van der Waals surface area contributed by atoms with Crippen LogP contribution in [0.1, 0.15) is 24.9 Å². The molecule has 0 bridgehead atoms. The Labute approximate surface area is 160 Å². The molecule has 3 rings (SSSR count). The molecule has 7 heteroatoms. The Balaban J connectivity index is 1.65. The highest BCUT2D eigenvalue weighted by Crippen LogP contribution is 2.38. The summed E-state index contributed by atoms with van der Waals surface area (Å²) in [5.74, 6) is 0.383. The maximum atomic E-state index is 12.8. The van der Waals surface area contributed by atoms with Crippen LogP contribution in [0.2, 0.25) is 0 Å². The molecule has 2 aliphatic rings. The Morgan fingerprint density at radius 1 is 1.26 bits per heavy atom. The molecule has 0 unspecified atom stereocenters. The molecule has 1 aromatic carbocycles. The van der Waals surface area contributed by atoms with Crippen molar-refractivity contribution in [3.05, 3.63) is 29.8 Å². The predicted molar refractivity (Wildman–Crippen MR) is 101 cm³/mol. The number of morpholine rings is 1. The van der Waals surface area contributed by atoms with Crippen LogP contribution in [0.5, 0.6) is 5.75 Å². The number of methoxy groups -OCH3 is 1. The molecular weight excluding hydrogens is 346 g/mol. The van der Waals surface area contributed by atoms with Crippen LogP contribution in [0.15, 0.2) is 24.3 Å². The lowest BCUT2D eigenvalue weighted by Crippen LogP contribution is -2.43. The van der Waals surface area contributed by atoms with Gasteiger partial charge in [0.2, 0.25) is 11.8 Å². The van der Waals surface area contributed by atoms with Gasteiger partial charge in [0.1, 0.15) is 5.75 Å². The lowest BCUT2D eigenvalue weighted by Gasteiger charge is -2.28. The van der Waals surface area contributed by atoms with Crippen molar-refractivity contribution < 1.29 is 19.1 Å². The first-order valence-electron chi connectivity index (χ1n) is 9.65. The van der Waals surface area contributed by atoms with E-state index in [0.29, 0.717) is 13.1 Å². The summed E-state index contributed by atoms with van der Waals surface area (Å²) in [6.07, 6.45) is 0.258. The minimum Gasteiger partial charge on any atom is -0.497 e. The van der Waals surface area contributed by atoms with E-state index in [1.807, 2.05) is 31.2 Å². The summed E-state index contributed by atoms with van der Waals surface area (Å²) in [7, 11) is 1.62. The number of amides is 2. The quantitative estimate of drug-likeness (QED) is 0.771. The molecule has 27 heavy (non-hydrogen) atoms. The topological polar surface area (TPSA) is 71.1 Å². The van der Waals surface area contributed by atoms with Gasteiger partial charge in [-0.3, -0.25) is 14.5 Å². The van der Waals surface area contributed by atoms with Crippen LogP contribution in [0, 0.1) is 5.92 Å². The van der Waals surface area contributed by atoms with Crippen LogP contribution >= 0.6 is 0 Å². The molecule has 0 spiro atoms. The Morgan fingerprint density at radius 2 is 1.96 bits per heavy atom. The van der Waals surface area contributed by atoms with Gasteiger partial charge in [-0.25, -0.2) is 0 Å². The number of hydrogen-bond acceptors (Lipinski definition) is 5.